The molecule has 0 N–H and O–H groups in total. The summed E-state index contributed by atoms with van der Waals surface area (Å²) < 4.78 is 5.68. The van der Waals surface area contributed by atoms with Crippen LogP contribution in [0, 0.1) is 16.7 Å². The maximum atomic E-state index is 12.1. The Balaban J connectivity index is 2.11. The molecule has 0 amide bonds. The van der Waals surface area contributed by atoms with Crippen molar-refractivity contribution in [3.8, 4) is 0 Å². The van der Waals surface area contributed by atoms with Gasteiger partial charge in [0.15, 0.2) is 5.78 Å². The molecule has 0 aromatic heterocycles. The van der Waals surface area contributed by atoms with Gasteiger partial charge in [0, 0.05) is 12.3 Å². The minimum atomic E-state index is -0.417. The molecule has 1 saturated heterocycles. The maximum absolute atomic E-state index is 12.1. The van der Waals surface area contributed by atoms with Crippen LogP contribution in [0.5, 0.6) is 0 Å². The molecule has 0 spiro atoms. The van der Waals surface area contributed by atoms with Crippen LogP contribution in [0.2, 0.25) is 0 Å². The monoisotopic (exact) mass is 262 g/mol. The van der Waals surface area contributed by atoms with Crippen molar-refractivity contribution < 1.29 is 14.3 Å². The number of rotatable bonds is 0. The molecule has 104 valence electrons. The summed E-state index contributed by atoms with van der Waals surface area (Å²) in [6, 6.07) is 0. The Morgan fingerprint density at radius 2 is 1.84 bits per heavy atom. The topological polar surface area (TPSA) is 43.4 Å². The normalized spacial score (nSPS) is 40.8. The van der Waals surface area contributed by atoms with E-state index in [0.29, 0.717) is 6.42 Å². The van der Waals surface area contributed by atoms with Gasteiger partial charge in [-0.25, -0.2) is 0 Å². The van der Waals surface area contributed by atoms with Crippen LogP contribution in [0.15, 0.2) is 11.1 Å². The molecule has 0 aromatic rings. The molecular weight excluding hydrogens is 240 g/mol. The van der Waals surface area contributed by atoms with Gasteiger partial charge in [0.05, 0.1) is 5.41 Å². The van der Waals surface area contributed by atoms with Crippen LogP contribution in [-0.4, -0.2) is 17.9 Å². The Bertz CT molecular complexity index is 500. The van der Waals surface area contributed by atoms with Crippen molar-refractivity contribution in [2.24, 2.45) is 16.7 Å². The van der Waals surface area contributed by atoms with Gasteiger partial charge in [-0.3, -0.25) is 9.59 Å². The van der Waals surface area contributed by atoms with Crippen molar-refractivity contribution in [2.75, 3.05) is 0 Å². The van der Waals surface area contributed by atoms with Crippen molar-refractivity contribution in [1.82, 2.24) is 0 Å². The summed E-state index contributed by atoms with van der Waals surface area (Å²) in [6.45, 7) is 8.09. The molecule has 0 bridgehead atoms. The summed E-state index contributed by atoms with van der Waals surface area (Å²) >= 11 is 0. The van der Waals surface area contributed by atoms with E-state index in [1.165, 1.54) is 0 Å². The minimum Gasteiger partial charge on any atom is -0.457 e. The highest BCUT2D eigenvalue weighted by Gasteiger charge is 2.58. The van der Waals surface area contributed by atoms with Crippen molar-refractivity contribution in [3.05, 3.63) is 11.1 Å². The molecule has 3 aliphatic rings. The number of hydrogen-bond donors (Lipinski definition) is 0. The third kappa shape index (κ3) is 1.56. The van der Waals surface area contributed by atoms with Crippen LogP contribution < -0.4 is 0 Å². The number of allylic oxidation sites excluding steroid dienone is 1. The molecule has 3 heteroatoms. The quantitative estimate of drug-likeness (QED) is 0.630. The van der Waals surface area contributed by atoms with E-state index in [9.17, 15) is 9.59 Å². The van der Waals surface area contributed by atoms with Gasteiger partial charge in [-0.05, 0) is 56.6 Å². The zero-order chi connectivity index (χ0) is 14.0. The van der Waals surface area contributed by atoms with Gasteiger partial charge in [-0.2, -0.15) is 0 Å². The fourth-order valence-corrected chi connectivity index (χ4v) is 4.26. The summed E-state index contributed by atoms with van der Waals surface area (Å²) in [5.74, 6) is 0.350. The summed E-state index contributed by atoms with van der Waals surface area (Å²) in [5.41, 5.74) is 1.62. The number of carbonyl (C=O) groups excluding carboxylic acids is 2. The van der Waals surface area contributed by atoms with Crippen molar-refractivity contribution in [2.45, 2.75) is 59.5 Å². The average molecular weight is 262 g/mol. The molecule has 2 fully saturated rings. The number of esters is 1. The Morgan fingerprint density at radius 3 is 2.53 bits per heavy atom. The third-order valence-corrected chi connectivity index (χ3v) is 5.72. The highest BCUT2D eigenvalue weighted by molar-refractivity contribution is 5.97. The SMILES string of the molecule is CC1=C2[C@H]3OC(=O)C(C)(C)[C@@H]3CCC2(C)CCC1=O. The predicted molar refractivity (Wildman–Crippen MR) is 71.4 cm³/mol. The molecule has 19 heavy (non-hydrogen) atoms. The maximum Gasteiger partial charge on any atom is 0.312 e. The van der Waals surface area contributed by atoms with Crippen LogP contribution in [0.3, 0.4) is 0 Å². The van der Waals surface area contributed by atoms with E-state index in [4.69, 9.17) is 4.74 Å². The Labute approximate surface area is 114 Å². The molecule has 1 unspecified atom stereocenters. The van der Waals surface area contributed by atoms with E-state index in [0.717, 1.165) is 30.4 Å². The van der Waals surface area contributed by atoms with Gasteiger partial charge in [0.1, 0.15) is 6.10 Å². The number of hydrogen-bond acceptors (Lipinski definition) is 3. The molecule has 0 radical (unpaired) electrons. The molecule has 3 atom stereocenters. The number of ketones is 1. The highest BCUT2D eigenvalue weighted by Crippen LogP contribution is 2.57. The van der Waals surface area contributed by atoms with Crippen LogP contribution >= 0.6 is 0 Å². The second-order valence-corrected chi connectivity index (χ2v) is 7.22. The lowest BCUT2D eigenvalue weighted by Crippen LogP contribution is -2.43. The van der Waals surface area contributed by atoms with Gasteiger partial charge in [0.2, 0.25) is 0 Å². The van der Waals surface area contributed by atoms with Crippen LogP contribution in [0.1, 0.15) is 53.4 Å². The van der Waals surface area contributed by atoms with Gasteiger partial charge < -0.3 is 4.74 Å². The zero-order valence-corrected chi connectivity index (χ0v) is 12.2. The lowest BCUT2D eigenvalue weighted by atomic mass is 9.57. The van der Waals surface area contributed by atoms with E-state index in [1.807, 2.05) is 20.8 Å². The lowest BCUT2D eigenvalue weighted by Gasteiger charge is -2.46. The largest absolute Gasteiger partial charge is 0.457 e. The Hall–Kier alpha value is -1.12. The predicted octanol–water partition coefficient (Wildman–Crippen LogP) is 3.03. The van der Waals surface area contributed by atoms with E-state index in [2.05, 4.69) is 6.92 Å². The third-order valence-electron chi connectivity index (χ3n) is 5.72. The highest BCUT2D eigenvalue weighted by atomic mass is 16.6. The summed E-state index contributed by atoms with van der Waals surface area (Å²) in [5, 5.41) is 0. The average Bonchev–Trinajstić information content (AvgIpc) is 2.55. The van der Waals surface area contributed by atoms with Crippen molar-refractivity contribution >= 4 is 11.8 Å². The number of carbonyl (C=O) groups is 2. The second kappa shape index (κ2) is 3.71. The van der Waals surface area contributed by atoms with Gasteiger partial charge in [-0.15, -0.1) is 0 Å². The summed E-state index contributed by atoms with van der Waals surface area (Å²) in [7, 11) is 0. The first-order valence-electron chi connectivity index (χ1n) is 7.23. The molecule has 1 heterocycles. The smallest absolute Gasteiger partial charge is 0.312 e. The zero-order valence-electron chi connectivity index (χ0n) is 12.2. The molecule has 1 saturated carbocycles. The molecule has 3 rings (SSSR count). The first-order chi connectivity index (χ1) is 8.77. The van der Waals surface area contributed by atoms with Crippen LogP contribution in [0.4, 0.5) is 0 Å². The molecule has 1 aliphatic heterocycles. The fourth-order valence-electron chi connectivity index (χ4n) is 4.26. The summed E-state index contributed by atoms with van der Waals surface area (Å²) in [4.78, 5) is 24.1. The summed E-state index contributed by atoms with van der Waals surface area (Å²) in [6.07, 6.45) is 3.46. The van der Waals surface area contributed by atoms with Crippen molar-refractivity contribution in [1.29, 1.82) is 0 Å². The van der Waals surface area contributed by atoms with Crippen molar-refractivity contribution in [3.63, 3.8) is 0 Å². The lowest BCUT2D eigenvalue weighted by molar-refractivity contribution is -0.147. The van der Waals surface area contributed by atoms with Crippen LogP contribution in [0.25, 0.3) is 0 Å². The Kier molecular flexibility index (Phi) is 2.52. The fraction of sp³-hybridized carbons (Fsp3) is 0.750. The Morgan fingerprint density at radius 1 is 1.16 bits per heavy atom. The molecule has 0 aromatic carbocycles. The standard InChI is InChI=1S/C16H22O3/c1-9-11(17)6-8-16(4)7-5-10-13(12(9)16)19-14(18)15(10,2)3/h10,13H,5-8H2,1-4H3/t10-,13+,16?/m1/s1. The van der Waals surface area contributed by atoms with Crippen LogP contribution in [-0.2, 0) is 14.3 Å². The number of Topliss-reactive ketones (excluding diaryl/α,β-unsaturated/α-hetero) is 1. The molecule has 2 aliphatic carbocycles. The van der Waals surface area contributed by atoms with Gasteiger partial charge in [0.25, 0.3) is 0 Å². The molecule has 3 nitrogen and oxygen atoms in total. The van der Waals surface area contributed by atoms with Gasteiger partial charge in [-0.1, -0.05) is 6.92 Å². The van der Waals surface area contributed by atoms with E-state index in [-0.39, 0.29) is 29.2 Å². The minimum absolute atomic E-state index is 0.0554. The van der Waals surface area contributed by atoms with E-state index in [1.54, 1.807) is 0 Å². The van der Waals surface area contributed by atoms with E-state index >= 15 is 0 Å². The second-order valence-electron chi connectivity index (χ2n) is 7.22. The van der Waals surface area contributed by atoms with Gasteiger partial charge >= 0.3 is 5.97 Å². The first-order valence-corrected chi connectivity index (χ1v) is 7.23. The number of ether oxygens (including phenoxy) is 1. The van der Waals surface area contributed by atoms with E-state index < -0.39 is 5.41 Å². The molecular formula is C16H22O3. The number of fused-ring (bicyclic) bond motifs is 3. The first kappa shape index (κ1) is 12.9.